The van der Waals surface area contributed by atoms with E-state index in [1.807, 2.05) is 31.2 Å². The van der Waals surface area contributed by atoms with Crippen molar-refractivity contribution in [1.82, 2.24) is 5.32 Å². The van der Waals surface area contributed by atoms with Crippen molar-refractivity contribution in [2.45, 2.75) is 39.3 Å². The van der Waals surface area contributed by atoms with Gasteiger partial charge in [0, 0.05) is 0 Å². The number of amides is 1. The first-order valence-electron chi connectivity index (χ1n) is 9.36. The van der Waals surface area contributed by atoms with E-state index in [1.165, 1.54) is 12.1 Å². The molecule has 0 bridgehead atoms. The number of anilines is 1. The van der Waals surface area contributed by atoms with Crippen LogP contribution in [0.3, 0.4) is 0 Å². The molecule has 1 N–H and O–H groups in total. The monoisotopic (exact) mass is 422 g/mol. The summed E-state index contributed by atoms with van der Waals surface area (Å²) < 4.78 is 44.7. The number of hydrogen-bond donors (Lipinski definition) is 1. The predicted molar refractivity (Wildman–Crippen MR) is 112 cm³/mol. The van der Waals surface area contributed by atoms with Gasteiger partial charge in [0.1, 0.15) is 24.2 Å². The van der Waals surface area contributed by atoms with E-state index in [-0.39, 0.29) is 24.8 Å². The van der Waals surface area contributed by atoms with Crippen molar-refractivity contribution < 1.29 is 22.3 Å². The number of halogens is 1. The third-order valence-corrected chi connectivity index (χ3v) is 5.50. The summed E-state index contributed by atoms with van der Waals surface area (Å²) in [5, 5.41) is 2.80. The van der Waals surface area contributed by atoms with Crippen molar-refractivity contribution in [3.8, 4) is 5.75 Å². The largest absolute Gasteiger partial charge is 0.491 e. The minimum absolute atomic E-state index is 0.236. The molecule has 158 valence electrons. The van der Waals surface area contributed by atoms with Crippen LogP contribution in [0.1, 0.15) is 25.8 Å². The van der Waals surface area contributed by atoms with Crippen LogP contribution >= 0.6 is 0 Å². The maximum absolute atomic E-state index is 13.2. The van der Waals surface area contributed by atoms with Gasteiger partial charge in [0.05, 0.1) is 18.0 Å². The van der Waals surface area contributed by atoms with Gasteiger partial charge in [-0.15, -0.1) is 0 Å². The molecule has 2 aromatic rings. The molecule has 29 heavy (non-hydrogen) atoms. The number of nitrogens with zero attached hydrogens (tertiary/aromatic N) is 1. The molecule has 2 aromatic carbocycles. The summed E-state index contributed by atoms with van der Waals surface area (Å²) in [6, 6.07) is 11.3. The van der Waals surface area contributed by atoms with Gasteiger partial charge in [-0.25, -0.2) is 12.8 Å². The number of carbonyl (C=O) groups is 1. The Balaban J connectivity index is 2.09. The third-order valence-electron chi connectivity index (χ3n) is 4.32. The fraction of sp³-hybridized carbons (Fsp3) is 0.381. The Kier molecular flexibility index (Phi) is 7.61. The normalized spacial score (nSPS) is 13.4. The molecule has 0 spiro atoms. The predicted octanol–water partition coefficient (Wildman–Crippen LogP) is 3.26. The van der Waals surface area contributed by atoms with Gasteiger partial charge >= 0.3 is 0 Å². The van der Waals surface area contributed by atoms with Crippen LogP contribution in [0, 0.1) is 12.7 Å². The van der Waals surface area contributed by atoms with E-state index in [1.54, 1.807) is 13.8 Å². The summed E-state index contributed by atoms with van der Waals surface area (Å²) in [5.74, 6) is -0.239. The minimum Gasteiger partial charge on any atom is -0.491 e. The summed E-state index contributed by atoms with van der Waals surface area (Å²) in [6.45, 7) is 5.72. The van der Waals surface area contributed by atoms with E-state index in [0.717, 1.165) is 28.3 Å². The average Bonchev–Trinajstić information content (AvgIpc) is 2.65. The molecule has 0 heterocycles. The molecule has 0 saturated carbocycles. The maximum Gasteiger partial charge on any atom is 0.244 e. The first-order valence-corrected chi connectivity index (χ1v) is 11.2. The molecule has 2 atom stereocenters. The summed E-state index contributed by atoms with van der Waals surface area (Å²) in [7, 11) is -3.76. The molecule has 0 aliphatic rings. The van der Waals surface area contributed by atoms with Crippen molar-refractivity contribution in [2.24, 2.45) is 0 Å². The lowest BCUT2D eigenvalue weighted by atomic mass is 10.1. The first kappa shape index (κ1) is 22.7. The topological polar surface area (TPSA) is 75.7 Å². The molecule has 0 saturated heterocycles. The Bertz CT molecular complexity index is 915. The highest BCUT2D eigenvalue weighted by atomic mass is 32.2. The lowest BCUT2D eigenvalue weighted by molar-refractivity contribution is -0.123. The van der Waals surface area contributed by atoms with E-state index in [4.69, 9.17) is 4.74 Å². The van der Waals surface area contributed by atoms with Gasteiger partial charge in [-0.1, -0.05) is 24.6 Å². The molecule has 0 fully saturated rings. The minimum atomic E-state index is -3.76. The standard InChI is InChI=1S/C21H27FN2O4S/c1-5-20(24(29(4,26)27)18-10-8-17(22)9-11-18)21(25)23-16(3)14-28-19-12-6-15(2)7-13-19/h6-13,16,20H,5,14H2,1-4H3,(H,23,25)/t16-,20-/m1/s1. The molecule has 6 nitrogen and oxygen atoms in total. The number of hydrogen-bond acceptors (Lipinski definition) is 4. The summed E-state index contributed by atoms with van der Waals surface area (Å²) >= 11 is 0. The highest BCUT2D eigenvalue weighted by Crippen LogP contribution is 2.23. The molecular weight excluding hydrogens is 395 g/mol. The fourth-order valence-electron chi connectivity index (χ4n) is 2.88. The van der Waals surface area contributed by atoms with E-state index in [2.05, 4.69) is 5.32 Å². The Morgan fingerprint density at radius 2 is 1.72 bits per heavy atom. The summed E-state index contributed by atoms with van der Waals surface area (Å²) in [5.41, 5.74) is 1.35. The summed E-state index contributed by atoms with van der Waals surface area (Å²) in [4.78, 5) is 12.8. The van der Waals surface area contributed by atoms with Crippen LogP contribution in [-0.2, 0) is 14.8 Å². The zero-order valence-corrected chi connectivity index (χ0v) is 17.9. The molecule has 0 aliphatic carbocycles. The van der Waals surface area contributed by atoms with Gasteiger partial charge < -0.3 is 10.1 Å². The Hall–Kier alpha value is -2.61. The number of benzene rings is 2. The number of ether oxygens (including phenoxy) is 1. The molecular formula is C21H27FN2O4S. The molecule has 0 aliphatic heterocycles. The van der Waals surface area contributed by atoms with E-state index in [9.17, 15) is 17.6 Å². The second-order valence-corrected chi connectivity index (χ2v) is 8.85. The Labute approximate surface area is 171 Å². The smallest absolute Gasteiger partial charge is 0.244 e. The van der Waals surface area contributed by atoms with Crippen LogP contribution in [0.15, 0.2) is 48.5 Å². The molecule has 8 heteroatoms. The van der Waals surface area contributed by atoms with Crippen LogP contribution in [0.25, 0.3) is 0 Å². The molecule has 2 rings (SSSR count). The van der Waals surface area contributed by atoms with Crippen LogP contribution in [0.5, 0.6) is 5.75 Å². The first-order chi connectivity index (χ1) is 13.6. The SMILES string of the molecule is CC[C@H](C(=O)N[C@H](C)COc1ccc(C)cc1)N(c1ccc(F)cc1)S(C)(=O)=O. The van der Waals surface area contributed by atoms with Crippen molar-refractivity contribution in [3.63, 3.8) is 0 Å². The number of carbonyl (C=O) groups excluding carboxylic acids is 1. The summed E-state index contributed by atoms with van der Waals surface area (Å²) in [6.07, 6.45) is 1.28. The van der Waals surface area contributed by atoms with Gasteiger partial charge in [0.2, 0.25) is 15.9 Å². The molecule has 0 aromatic heterocycles. The number of rotatable bonds is 9. The third kappa shape index (κ3) is 6.45. The fourth-order valence-corrected chi connectivity index (χ4v) is 4.10. The van der Waals surface area contributed by atoms with Gasteiger partial charge in [0.15, 0.2) is 0 Å². The van der Waals surface area contributed by atoms with E-state index < -0.39 is 27.8 Å². The second kappa shape index (κ2) is 9.73. The molecule has 0 radical (unpaired) electrons. The lowest BCUT2D eigenvalue weighted by Crippen LogP contribution is -2.52. The van der Waals surface area contributed by atoms with Gasteiger partial charge in [-0.05, 0) is 56.7 Å². The zero-order chi connectivity index (χ0) is 21.6. The van der Waals surface area contributed by atoms with Gasteiger partial charge in [-0.3, -0.25) is 9.10 Å². The lowest BCUT2D eigenvalue weighted by Gasteiger charge is -2.31. The molecule has 0 unspecified atom stereocenters. The zero-order valence-electron chi connectivity index (χ0n) is 17.1. The van der Waals surface area contributed by atoms with Crippen LogP contribution < -0.4 is 14.4 Å². The Morgan fingerprint density at radius 3 is 2.24 bits per heavy atom. The number of nitrogens with one attached hydrogen (secondary N) is 1. The number of sulfonamides is 1. The van der Waals surface area contributed by atoms with Crippen molar-refractivity contribution in [1.29, 1.82) is 0 Å². The molecule has 1 amide bonds. The van der Waals surface area contributed by atoms with Crippen molar-refractivity contribution >= 4 is 21.6 Å². The highest BCUT2D eigenvalue weighted by molar-refractivity contribution is 7.92. The second-order valence-electron chi connectivity index (χ2n) is 6.99. The van der Waals surface area contributed by atoms with E-state index >= 15 is 0 Å². The highest BCUT2D eigenvalue weighted by Gasteiger charge is 2.32. The Morgan fingerprint density at radius 1 is 1.14 bits per heavy atom. The van der Waals surface area contributed by atoms with Crippen LogP contribution in [-0.4, -0.2) is 39.3 Å². The van der Waals surface area contributed by atoms with Gasteiger partial charge in [0.25, 0.3) is 0 Å². The average molecular weight is 423 g/mol. The number of aryl methyl sites for hydroxylation is 1. The van der Waals surface area contributed by atoms with Crippen molar-refractivity contribution in [2.75, 3.05) is 17.2 Å². The van der Waals surface area contributed by atoms with Crippen LogP contribution in [0.2, 0.25) is 0 Å². The maximum atomic E-state index is 13.2. The quantitative estimate of drug-likeness (QED) is 0.673. The van der Waals surface area contributed by atoms with Gasteiger partial charge in [-0.2, -0.15) is 0 Å². The van der Waals surface area contributed by atoms with Crippen molar-refractivity contribution in [3.05, 3.63) is 59.9 Å². The van der Waals surface area contributed by atoms with Crippen LogP contribution in [0.4, 0.5) is 10.1 Å². The van der Waals surface area contributed by atoms with E-state index in [0.29, 0.717) is 5.75 Å².